The lowest BCUT2D eigenvalue weighted by Gasteiger charge is -2.59. The minimum Gasteiger partial charge on any atom is -0.459 e. The van der Waals surface area contributed by atoms with Crippen molar-refractivity contribution in [2.45, 2.75) is 38.8 Å². The summed E-state index contributed by atoms with van der Waals surface area (Å²) in [6.45, 7) is 8.49. The number of ether oxygens (including phenoxy) is 1. The van der Waals surface area contributed by atoms with E-state index in [1.807, 2.05) is 20.8 Å². The first-order valence-electron chi connectivity index (χ1n) is 8.84. The van der Waals surface area contributed by atoms with Crippen molar-refractivity contribution in [3.63, 3.8) is 0 Å². The molecule has 0 radical (unpaired) electrons. The number of carbonyl (C=O) groups excluding carboxylic acids is 2. The highest BCUT2D eigenvalue weighted by Gasteiger charge is 2.63. The third kappa shape index (κ3) is 2.85. The molecule has 1 aliphatic carbocycles. The normalized spacial score (nSPS) is 28.6. The van der Waals surface area contributed by atoms with Gasteiger partial charge in [-0.05, 0) is 19.1 Å². The average Bonchev–Trinajstić information content (AvgIpc) is 3.15. The Hall–Kier alpha value is -1.86. The van der Waals surface area contributed by atoms with Gasteiger partial charge in [0.05, 0.1) is 12.4 Å². The van der Waals surface area contributed by atoms with Crippen LogP contribution in [0.25, 0.3) is 0 Å². The molecule has 7 heteroatoms. The van der Waals surface area contributed by atoms with Crippen LogP contribution in [0.3, 0.4) is 0 Å². The Morgan fingerprint density at radius 2 is 1.92 bits per heavy atom. The SMILES string of the molecule is CCOC1CC(N)(C(=O)N2CCN(C(=O)c3ccco3)CC2)C1(C)C. The summed E-state index contributed by atoms with van der Waals surface area (Å²) < 4.78 is 10.9. The maximum Gasteiger partial charge on any atom is 0.289 e. The summed E-state index contributed by atoms with van der Waals surface area (Å²) in [7, 11) is 0. The van der Waals surface area contributed by atoms with E-state index in [-0.39, 0.29) is 17.9 Å². The van der Waals surface area contributed by atoms with E-state index in [1.165, 1.54) is 6.26 Å². The van der Waals surface area contributed by atoms with Crippen LogP contribution in [0.5, 0.6) is 0 Å². The second-order valence-corrected chi connectivity index (χ2v) is 7.40. The molecule has 2 heterocycles. The monoisotopic (exact) mass is 349 g/mol. The number of furan rings is 1. The Morgan fingerprint density at radius 3 is 2.44 bits per heavy atom. The Labute approximate surface area is 148 Å². The van der Waals surface area contributed by atoms with Gasteiger partial charge in [0, 0.05) is 44.6 Å². The molecule has 2 amide bonds. The molecule has 0 bridgehead atoms. The number of carbonyl (C=O) groups is 2. The van der Waals surface area contributed by atoms with Crippen molar-refractivity contribution in [2.75, 3.05) is 32.8 Å². The molecule has 1 aliphatic heterocycles. The first-order valence-corrected chi connectivity index (χ1v) is 8.84. The molecule has 2 fully saturated rings. The van der Waals surface area contributed by atoms with Gasteiger partial charge >= 0.3 is 0 Å². The van der Waals surface area contributed by atoms with Crippen LogP contribution in [0.1, 0.15) is 37.7 Å². The highest BCUT2D eigenvalue weighted by atomic mass is 16.5. The molecule has 1 saturated carbocycles. The third-order valence-electron chi connectivity index (χ3n) is 5.80. The molecule has 7 nitrogen and oxygen atoms in total. The molecule has 25 heavy (non-hydrogen) atoms. The molecule has 1 aromatic heterocycles. The summed E-state index contributed by atoms with van der Waals surface area (Å²) >= 11 is 0. The molecule has 1 aromatic rings. The first-order chi connectivity index (χ1) is 11.8. The van der Waals surface area contributed by atoms with Crippen LogP contribution in [0.4, 0.5) is 0 Å². The Balaban J connectivity index is 1.60. The minimum atomic E-state index is -0.903. The average molecular weight is 349 g/mol. The van der Waals surface area contributed by atoms with Gasteiger partial charge in [-0.3, -0.25) is 9.59 Å². The van der Waals surface area contributed by atoms with Gasteiger partial charge in [-0.1, -0.05) is 13.8 Å². The highest BCUT2D eigenvalue weighted by Crippen LogP contribution is 2.50. The van der Waals surface area contributed by atoms with Crippen molar-refractivity contribution in [3.8, 4) is 0 Å². The smallest absolute Gasteiger partial charge is 0.289 e. The predicted octanol–water partition coefficient (Wildman–Crippen LogP) is 1.10. The van der Waals surface area contributed by atoms with Crippen LogP contribution >= 0.6 is 0 Å². The van der Waals surface area contributed by atoms with Crippen LogP contribution in [0.15, 0.2) is 22.8 Å². The maximum absolute atomic E-state index is 13.0. The molecule has 2 aliphatic rings. The number of hydrogen-bond acceptors (Lipinski definition) is 5. The number of rotatable bonds is 4. The zero-order valence-corrected chi connectivity index (χ0v) is 15.2. The van der Waals surface area contributed by atoms with Gasteiger partial charge in [-0.15, -0.1) is 0 Å². The van der Waals surface area contributed by atoms with Crippen molar-refractivity contribution in [1.82, 2.24) is 9.80 Å². The zero-order valence-electron chi connectivity index (χ0n) is 15.2. The number of nitrogens with two attached hydrogens (primary N) is 1. The van der Waals surface area contributed by atoms with Crippen LogP contribution < -0.4 is 5.73 Å². The Bertz CT molecular complexity index is 635. The van der Waals surface area contributed by atoms with Crippen LogP contribution in [0.2, 0.25) is 0 Å². The largest absolute Gasteiger partial charge is 0.459 e. The summed E-state index contributed by atoms with van der Waals surface area (Å²) in [4.78, 5) is 28.8. The van der Waals surface area contributed by atoms with Crippen LogP contribution in [-0.2, 0) is 9.53 Å². The summed E-state index contributed by atoms with van der Waals surface area (Å²) in [6, 6.07) is 3.35. The van der Waals surface area contributed by atoms with Crippen molar-refractivity contribution < 1.29 is 18.7 Å². The maximum atomic E-state index is 13.0. The summed E-state index contributed by atoms with van der Waals surface area (Å²) in [6.07, 6.45) is 2.03. The summed E-state index contributed by atoms with van der Waals surface area (Å²) in [5.41, 5.74) is 5.18. The fourth-order valence-corrected chi connectivity index (χ4v) is 3.75. The minimum absolute atomic E-state index is 0.00766. The second kappa shape index (κ2) is 6.46. The standard InChI is InChI=1S/C18H27N3O4/c1-4-24-14-12-18(19,17(14,2)3)16(23)21-9-7-20(8-10-21)15(22)13-6-5-11-25-13/h5-6,11,14H,4,7-10,12,19H2,1-3H3. The number of amides is 2. The van der Waals surface area contributed by atoms with Gasteiger partial charge in [0.1, 0.15) is 5.54 Å². The van der Waals surface area contributed by atoms with Crippen LogP contribution in [-0.4, -0.2) is 66.0 Å². The molecule has 2 N–H and O–H groups in total. The fourth-order valence-electron chi connectivity index (χ4n) is 3.75. The van der Waals surface area contributed by atoms with Crippen molar-refractivity contribution >= 4 is 11.8 Å². The van der Waals surface area contributed by atoms with E-state index in [1.54, 1.807) is 21.9 Å². The van der Waals surface area contributed by atoms with E-state index >= 15 is 0 Å². The van der Waals surface area contributed by atoms with Gasteiger partial charge in [0.15, 0.2) is 5.76 Å². The third-order valence-corrected chi connectivity index (χ3v) is 5.80. The second-order valence-electron chi connectivity index (χ2n) is 7.40. The highest BCUT2D eigenvalue weighted by molar-refractivity contribution is 5.92. The van der Waals surface area contributed by atoms with Gasteiger partial charge < -0.3 is 24.7 Å². The zero-order chi connectivity index (χ0) is 18.2. The summed E-state index contributed by atoms with van der Waals surface area (Å²) in [5, 5.41) is 0. The van der Waals surface area contributed by atoms with Gasteiger partial charge in [-0.25, -0.2) is 0 Å². The molecule has 1 saturated heterocycles. The fraction of sp³-hybridized carbons (Fsp3) is 0.667. The van der Waals surface area contributed by atoms with Gasteiger partial charge in [0.2, 0.25) is 5.91 Å². The van der Waals surface area contributed by atoms with Crippen molar-refractivity contribution in [3.05, 3.63) is 24.2 Å². The lowest BCUT2D eigenvalue weighted by atomic mass is 9.54. The molecule has 0 spiro atoms. The molecule has 2 atom stereocenters. The van der Waals surface area contributed by atoms with Gasteiger partial charge in [-0.2, -0.15) is 0 Å². The number of piperazine rings is 1. The van der Waals surface area contributed by atoms with E-state index in [0.29, 0.717) is 45.0 Å². The topological polar surface area (TPSA) is 89.0 Å². The van der Waals surface area contributed by atoms with E-state index in [2.05, 4.69) is 0 Å². The van der Waals surface area contributed by atoms with Crippen molar-refractivity contribution in [1.29, 1.82) is 0 Å². The van der Waals surface area contributed by atoms with Gasteiger partial charge in [0.25, 0.3) is 5.91 Å². The number of hydrogen-bond donors (Lipinski definition) is 1. The van der Waals surface area contributed by atoms with E-state index in [4.69, 9.17) is 14.9 Å². The van der Waals surface area contributed by atoms with E-state index in [9.17, 15) is 9.59 Å². The van der Waals surface area contributed by atoms with E-state index < -0.39 is 11.0 Å². The first kappa shape index (κ1) is 17.9. The molecule has 3 rings (SSSR count). The van der Waals surface area contributed by atoms with Crippen LogP contribution in [0, 0.1) is 5.41 Å². The Morgan fingerprint density at radius 1 is 1.28 bits per heavy atom. The van der Waals surface area contributed by atoms with E-state index in [0.717, 1.165) is 0 Å². The summed E-state index contributed by atoms with van der Waals surface area (Å²) in [5.74, 6) is 0.147. The molecule has 2 unspecified atom stereocenters. The lowest BCUT2D eigenvalue weighted by molar-refractivity contribution is -0.180. The molecular weight excluding hydrogens is 322 g/mol. The lowest BCUT2D eigenvalue weighted by Crippen LogP contribution is -2.76. The predicted molar refractivity (Wildman–Crippen MR) is 91.9 cm³/mol. The molecular formula is C18H27N3O4. The van der Waals surface area contributed by atoms with Crippen molar-refractivity contribution in [2.24, 2.45) is 11.1 Å². The molecule has 138 valence electrons. The number of nitrogens with zero attached hydrogens (tertiary/aromatic N) is 2. The quantitative estimate of drug-likeness (QED) is 0.879. The molecule has 0 aromatic carbocycles. The Kier molecular flexibility index (Phi) is 4.64.